The van der Waals surface area contributed by atoms with Crippen LogP contribution < -0.4 is 4.74 Å². The van der Waals surface area contributed by atoms with E-state index >= 15 is 0 Å². The van der Waals surface area contributed by atoms with Crippen LogP contribution in [0.25, 0.3) is 11.1 Å². The molecule has 3 aromatic carbocycles. The molecule has 26 heavy (non-hydrogen) atoms. The number of hydrogen-bond donors (Lipinski definition) is 1. The zero-order chi connectivity index (χ0) is 17.9. The van der Waals surface area contributed by atoms with Crippen LogP contribution in [-0.4, -0.2) is 29.3 Å². The predicted molar refractivity (Wildman–Crippen MR) is 106 cm³/mol. The average molecular weight is 362 g/mol. The molecule has 1 fully saturated rings. The molecule has 4 rings (SSSR count). The van der Waals surface area contributed by atoms with Crippen molar-refractivity contribution in [3.63, 3.8) is 0 Å². The van der Waals surface area contributed by atoms with Crippen molar-refractivity contribution >= 4 is 17.1 Å². The van der Waals surface area contributed by atoms with Crippen molar-refractivity contribution in [1.29, 1.82) is 0 Å². The predicted octanol–water partition coefficient (Wildman–Crippen LogP) is 4.60. The highest BCUT2D eigenvalue weighted by molar-refractivity contribution is 7.81. The molecule has 0 bridgehead atoms. The largest absolute Gasteiger partial charge is 0.507 e. The van der Waals surface area contributed by atoms with E-state index in [4.69, 9.17) is 21.7 Å². The smallest absolute Gasteiger partial charge is 0.127 e. The molecule has 1 aliphatic rings. The molecule has 0 radical (unpaired) electrons. The number of aromatic hydroxyl groups is 1. The van der Waals surface area contributed by atoms with E-state index in [1.54, 1.807) is 12.1 Å². The fourth-order valence-electron chi connectivity index (χ4n) is 2.75. The second-order valence-electron chi connectivity index (χ2n) is 6.22. The average Bonchev–Trinajstić information content (AvgIpc) is 3.51. The van der Waals surface area contributed by atoms with Gasteiger partial charge < -0.3 is 14.6 Å². The lowest BCUT2D eigenvalue weighted by atomic mass is 9.99. The molecule has 0 aliphatic carbocycles. The summed E-state index contributed by atoms with van der Waals surface area (Å²) in [6, 6.07) is 23.5. The van der Waals surface area contributed by atoms with Crippen LogP contribution in [0, 0.1) is 0 Å². The molecule has 3 nitrogen and oxygen atoms in total. The molecule has 1 heterocycles. The molecule has 0 spiro atoms. The third-order valence-electron chi connectivity index (χ3n) is 4.31. The highest BCUT2D eigenvalue weighted by atomic mass is 32.1. The molecule has 1 aliphatic heterocycles. The molecule has 1 saturated heterocycles. The zero-order valence-corrected chi connectivity index (χ0v) is 14.9. The lowest BCUT2D eigenvalue weighted by Crippen LogP contribution is -2.05. The van der Waals surface area contributed by atoms with Gasteiger partial charge in [-0.05, 0) is 28.8 Å². The van der Waals surface area contributed by atoms with E-state index in [1.165, 1.54) is 0 Å². The maximum absolute atomic E-state index is 10.3. The van der Waals surface area contributed by atoms with Crippen molar-refractivity contribution in [3.8, 4) is 22.6 Å². The van der Waals surface area contributed by atoms with Gasteiger partial charge in [-0.15, -0.1) is 0 Å². The van der Waals surface area contributed by atoms with Gasteiger partial charge in [-0.3, -0.25) is 0 Å². The van der Waals surface area contributed by atoms with Gasteiger partial charge in [0, 0.05) is 11.6 Å². The van der Waals surface area contributed by atoms with Gasteiger partial charge in [0.15, 0.2) is 0 Å². The van der Waals surface area contributed by atoms with E-state index < -0.39 is 0 Å². The maximum atomic E-state index is 10.3. The number of epoxide rings is 1. The normalized spacial score (nSPS) is 15.5. The molecular formula is C22H18O3S. The number of ether oxygens (including phenoxy) is 2. The van der Waals surface area contributed by atoms with E-state index in [0.29, 0.717) is 22.8 Å². The molecule has 0 saturated carbocycles. The fourth-order valence-corrected chi connectivity index (χ4v) is 3.06. The van der Waals surface area contributed by atoms with Crippen LogP contribution in [0.3, 0.4) is 0 Å². The Bertz CT molecular complexity index is 916. The van der Waals surface area contributed by atoms with Gasteiger partial charge in [0.1, 0.15) is 24.2 Å². The quantitative estimate of drug-likeness (QED) is 0.395. The first-order valence-corrected chi connectivity index (χ1v) is 8.89. The Labute approximate surface area is 157 Å². The summed E-state index contributed by atoms with van der Waals surface area (Å²) in [5.74, 6) is 0.736. The molecule has 1 unspecified atom stereocenters. The van der Waals surface area contributed by atoms with E-state index in [2.05, 4.69) is 12.1 Å². The van der Waals surface area contributed by atoms with Crippen LogP contribution >= 0.6 is 12.2 Å². The number of thiocarbonyl (C=S) groups is 1. The van der Waals surface area contributed by atoms with Crippen molar-refractivity contribution in [3.05, 3.63) is 83.9 Å². The topological polar surface area (TPSA) is 42.0 Å². The highest BCUT2D eigenvalue weighted by Gasteiger charge is 2.23. The minimum Gasteiger partial charge on any atom is -0.507 e. The van der Waals surface area contributed by atoms with E-state index in [9.17, 15) is 5.11 Å². The monoisotopic (exact) mass is 362 g/mol. The van der Waals surface area contributed by atoms with Crippen LogP contribution in [0.1, 0.15) is 11.1 Å². The van der Waals surface area contributed by atoms with E-state index in [1.807, 2.05) is 48.5 Å². The third kappa shape index (κ3) is 3.77. The Kier molecular flexibility index (Phi) is 4.69. The van der Waals surface area contributed by atoms with Crippen molar-refractivity contribution in [1.82, 2.24) is 0 Å². The maximum Gasteiger partial charge on any atom is 0.127 e. The molecule has 1 atom stereocenters. The van der Waals surface area contributed by atoms with Crippen molar-refractivity contribution in [2.45, 2.75) is 6.10 Å². The van der Waals surface area contributed by atoms with Gasteiger partial charge in [-0.25, -0.2) is 0 Å². The Balaban J connectivity index is 1.51. The van der Waals surface area contributed by atoms with Gasteiger partial charge in [0.2, 0.25) is 0 Å². The van der Waals surface area contributed by atoms with Crippen LogP contribution in [0.4, 0.5) is 0 Å². The molecule has 1 N–H and O–H groups in total. The lowest BCUT2D eigenvalue weighted by Gasteiger charge is -2.10. The summed E-state index contributed by atoms with van der Waals surface area (Å²) in [5.41, 5.74) is 3.82. The summed E-state index contributed by atoms with van der Waals surface area (Å²) in [6.07, 6.45) is 0.182. The lowest BCUT2D eigenvalue weighted by molar-refractivity contribution is 0.262. The highest BCUT2D eigenvalue weighted by Crippen LogP contribution is 2.28. The van der Waals surface area contributed by atoms with Crippen LogP contribution in [0.15, 0.2) is 72.8 Å². The first-order chi connectivity index (χ1) is 12.7. The second-order valence-corrected chi connectivity index (χ2v) is 6.63. The summed E-state index contributed by atoms with van der Waals surface area (Å²) in [6.45, 7) is 1.25. The zero-order valence-electron chi connectivity index (χ0n) is 14.1. The van der Waals surface area contributed by atoms with Gasteiger partial charge in [-0.2, -0.15) is 0 Å². The number of phenolic OH excluding ortho intramolecular Hbond substituents is 1. The van der Waals surface area contributed by atoms with Gasteiger partial charge in [0.25, 0.3) is 0 Å². The van der Waals surface area contributed by atoms with Crippen LogP contribution in [0.2, 0.25) is 0 Å². The first kappa shape index (κ1) is 16.8. The minimum atomic E-state index is 0.122. The molecule has 4 heteroatoms. The summed E-state index contributed by atoms with van der Waals surface area (Å²) < 4.78 is 10.7. The van der Waals surface area contributed by atoms with Crippen molar-refractivity contribution < 1.29 is 14.6 Å². The van der Waals surface area contributed by atoms with Crippen LogP contribution in [-0.2, 0) is 4.74 Å². The Morgan fingerprint density at radius 2 is 1.69 bits per heavy atom. The molecule has 0 amide bonds. The van der Waals surface area contributed by atoms with E-state index in [-0.39, 0.29) is 11.9 Å². The Morgan fingerprint density at radius 3 is 2.35 bits per heavy atom. The Hall–Kier alpha value is -2.69. The van der Waals surface area contributed by atoms with Crippen LogP contribution in [0.5, 0.6) is 11.5 Å². The molecular weight excluding hydrogens is 344 g/mol. The SMILES string of the molecule is Oc1cc(OCC2CO2)ccc1C(=S)c1ccc(-c2ccccc2)cc1. The second kappa shape index (κ2) is 7.28. The standard InChI is InChI=1S/C22H18O3S/c23-21-12-18(24-13-19-14-25-19)10-11-20(21)22(26)17-8-6-16(7-9-17)15-4-2-1-3-5-15/h1-12,19,23H,13-14H2. The summed E-state index contributed by atoms with van der Waals surface area (Å²) in [7, 11) is 0. The van der Waals surface area contributed by atoms with Crippen molar-refractivity contribution in [2.24, 2.45) is 0 Å². The number of phenols is 1. The first-order valence-electron chi connectivity index (χ1n) is 8.48. The summed E-state index contributed by atoms with van der Waals surface area (Å²) >= 11 is 5.57. The number of rotatable bonds is 6. The van der Waals surface area contributed by atoms with Gasteiger partial charge in [-0.1, -0.05) is 66.8 Å². The minimum absolute atomic E-state index is 0.122. The third-order valence-corrected chi connectivity index (χ3v) is 4.76. The molecule has 130 valence electrons. The van der Waals surface area contributed by atoms with E-state index in [0.717, 1.165) is 23.3 Å². The van der Waals surface area contributed by atoms with Gasteiger partial charge in [0.05, 0.1) is 11.5 Å². The summed E-state index contributed by atoms with van der Waals surface area (Å²) in [4.78, 5) is 0.610. The van der Waals surface area contributed by atoms with Gasteiger partial charge >= 0.3 is 0 Å². The molecule has 0 aromatic heterocycles. The van der Waals surface area contributed by atoms with Crippen molar-refractivity contribution in [2.75, 3.05) is 13.2 Å². The number of hydrogen-bond acceptors (Lipinski definition) is 4. The number of benzene rings is 3. The Morgan fingerprint density at radius 1 is 1.00 bits per heavy atom. The summed E-state index contributed by atoms with van der Waals surface area (Å²) in [5, 5.41) is 10.3. The molecule has 3 aromatic rings. The fraction of sp³-hybridized carbons (Fsp3) is 0.136.